The minimum absolute atomic E-state index is 0.299. The Morgan fingerprint density at radius 2 is 0.900 bits per heavy atom. The average molecular weight is 281 g/mol. The molecule has 120 valence electrons. The van der Waals surface area contributed by atoms with Gasteiger partial charge < -0.3 is 0 Å². The highest BCUT2D eigenvalue weighted by atomic mass is 14.9. The molecular weight excluding hydrogens is 240 g/mol. The molecule has 0 nitrogen and oxygen atoms in total. The molecule has 2 atom stereocenters. The third kappa shape index (κ3) is 1.45. The average Bonchev–Trinajstić information content (AvgIpc) is 2.23. The molecule has 0 amide bonds. The summed E-state index contributed by atoms with van der Waals surface area (Å²) in [4.78, 5) is 0. The van der Waals surface area contributed by atoms with Crippen molar-refractivity contribution in [2.24, 2.45) is 38.4 Å². The summed E-state index contributed by atoms with van der Waals surface area (Å²) < 4.78 is 0. The Morgan fingerprint density at radius 3 is 1.15 bits per heavy atom. The summed E-state index contributed by atoms with van der Waals surface area (Å²) in [5.74, 6) is 0.685. The minimum Gasteiger partial charge on any atom is -0.0622 e. The van der Waals surface area contributed by atoms with Crippen LogP contribution in [0.1, 0.15) is 90.0 Å². The van der Waals surface area contributed by atoms with Gasteiger partial charge in [0.15, 0.2) is 0 Å². The molecule has 2 unspecified atom stereocenters. The number of hydrogen-bond acceptors (Lipinski definition) is 0. The Bertz CT molecular complexity index is 379. The van der Waals surface area contributed by atoms with Gasteiger partial charge in [-0.25, -0.2) is 0 Å². The van der Waals surface area contributed by atoms with Gasteiger partial charge in [0.2, 0.25) is 0 Å². The summed E-state index contributed by atoms with van der Waals surface area (Å²) in [6.45, 7) is 32.3. The summed E-state index contributed by atoms with van der Waals surface area (Å²) in [6.07, 6.45) is 0. The predicted octanol–water partition coefficient (Wildman–Crippen LogP) is 6.79. The van der Waals surface area contributed by atoms with Crippen LogP contribution in [0.2, 0.25) is 0 Å². The minimum atomic E-state index is 0.299. The molecule has 0 saturated heterocycles. The molecule has 0 heterocycles. The van der Waals surface area contributed by atoms with E-state index in [1.54, 1.807) is 0 Å². The van der Waals surface area contributed by atoms with Gasteiger partial charge in [-0.1, -0.05) is 90.0 Å². The summed E-state index contributed by atoms with van der Waals surface area (Å²) in [5.41, 5.74) is 1.89. The summed E-state index contributed by atoms with van der Waals surface area (Å²) >= 11 is 0. The van der Waals surface area contributed by atoms with Crippen LogP contribution in [0.25, 0.3) is 0 Å². The van der Waals surface area contributed by atoms with E-state index >= 15 is 0 Å². The highest BCUT2D eigenvalue weighted by Gasteiger charge is 2.81. The second-order valence-electron chi connectivity index (χ2n) is 10.6. The van der Waals surface area contributed by atoms with Crippen LogP contribution in [0, 0.1) is 38.4 Å². The number of hydrogen-bond donors (Lipinski definition) is 0. The zero-order valence-corrected chi connectivity index (χ0v) is 16.6. The Morgan fingerprint density at radius 1 is 0.600 bits per heavy atom. The first kappa shape index (κ1) is 18.1. The molecular formula is C20H40. The monoisotopic (exact) mass is 280 g/mol. The lowest BCUT2D eigenvalue weighted by molar-refractivity contribution is -0.383. The molecule has 0 radical (unpaired) electrons. The Kier molecular flexibility index (Phi) is 3.65. The smallest absolute Gasteiger partial charge is 0.0151 e. The molecule has 0 heteroatoms. The zero-order chi connectivity index (χ0) is 16.6. The van der Waals surface area contributed by atoms with E-state index in [0.29, 0.717) is 38.4 Å². The lowest BCUT2D eigenvalue weighted by Gasteiger charge is -2.86. The molecule has 0 bridgehead atoms. The van der Waals surface area contributed by atoms with Gasteiger partial charge in [-0.15, -0.1) is 0 Å². The van der Waals surface area contributed by atoms with Gasteiger partial charge in [-0.05, 0) is 38.4 Å². The largest absolute Gasteiger partial charge is 0.0622 e. The van der Waals surface area contributed by atoms with Crippen molar-refractivity contribution in [3.8, 4) is 0 Å². The van der Waals surface area contributed by atoms with E-state index in [2.05, 4.69) is 90.0 Å². The molecule has 0 aromatic heterocycles. The maximum Gasteiger partial charge on any atom is -0.0151 e. The van der Waals surface area contributed by atoms with Crippen LogP contribution in [0.15, 0.2) is 0 Å². The van der Waals surface area contributed by atoms with E-state index < -0.39 is 0 Å². The molecule has 0 aromatic rings. The van der Waals surface area contributed by atoms with Crippen molar-refractivity contribution in [1.82, 2.24) is 0 Å². The summed E-state index contributed by atoms with van der Waals surface area (Å²) in [7, 11) is 0. The van der Waals surface area contributed by atoms with Crippen LogP contribution < -0.4 is 0 Å². The third-order valence-corrected chi connectivity index (χ3v) is 9.29. The van der Waals surface area contributed by atoms with Crippen LogP contribution in [-0.4, -0.2) is 0 Å². The van der Waals surface area contributed by atoms with E-state index in [0.717, 1.165) is 0 Å². The van der Waals surface area contributed by atoms with Gasteiger partial charge in [0.25, 0.3) is 0 Å². The first-order valence-electron chi connectivity index (χ1n) is 8.44. The van der Waals surface area contributed by atoms with Crippen molar-refractivity contribution in [3.05, 3.63) is 0 Å². The molecule has 1 aliphatic rings. The van der Waals surface area contributed by atoms with Crippen LogP contribution in [0.4, 0.5) is 0 Å². The van der Waals surface area contributed by atoms with E-state index in [1.165, 1.54) is 0 Å². The molecule has 0 aliphatic heterocycles. The fourth-order valence-electron chi connectivity index (χ4n) is 6.15. The van der Waals surface area contributed by atoms with Crippen molar-refractivity contribution < 1.29 is 0 Å². The topological polar surface area (TPSA) is 0 Å². The maximum atomic E-state index is 2.57. The molecule has 0 spiro atoms. The second kappa shape index (κ2) is 4.05. The Labute approximate surface area is 129 Å². The third-order valence-electron chi connectivity index (χ3n) is 9.29. The van der Waals surface area contributed by atoms with Gasteiger partial charge in [0.1, 0.15) is 0 Å². The lowest BCUT2D eigenvalue weighted by atomic mass is 9.18. The maximum absolute atomic E-state index is 2.57. The van der Waals surface area contributed by atoms with E-state index in [-0.39, 0.29) is 0 Å². The van der Waals surface area contributed by atoms with Crippen LogP contribution >= 0.6 is 0 Å². The Hall–Kier alpha value is 0. The number of rotatable bonds is 2. The normalized spacial score (nSPS) is 36.9. The van der Waals surface area contributed by atoms with Gasteiger partial charge >= 0.3 is 0 Å². The molecule has 20 heavy (non-hydrogen) atoms. The predicted molar refractivity (Wildman–Crippen MR) is 91.9 cm³/mol. The van der Waals surface area contributed by atoms with E-state index in [1.807, 2.05) is 0 Å². The summed E-state index contributed by atoms with van der Waals surface area (Å²) in [6, 6.07) is 0. The Balaban J connectivity index is 3.67. The van der Waals surface area contributed by atoms with Crippen molar-refractivity contribution in [2.45, 2.75) is 90.0 Å². The molecule has 1 aliphatic carbocycles. The van der Waals surface area contributed by atoms with Crippen LogP contribution in [0.3, 0.4) is 0 Å². The van der Waals surface area contributed by atoms with Crippen LogP contribution in [-0.2, 0) is 0 Å². The highest BCUT2D eigenvalue weighted by Crippen LogP contribution is 2.86. The standard InChI is InChI=1S/C20H40/c1-14(2)16(6,7)20(13)18(10,11)17(8,9)19(20,12)15(3,4)5/h14H,1-13H3. The SMILES string of the molecule is CC(C)C(C)(C)C1(C)C(C)(C)C(C)(C)C1(C)C(C)(C)C. The van der Waals surface area contributed by atoms with Crippen LogP contribution in [0.5, 0.6) is 0 Å². The van der Waals surface area contributed by atoms with Gasteiger partial charge in [0.05, 0.1) is 0 Å². The first-order chi connectivity index (χ1) is 8.44. The zero-order valence-electron chi connectivity index (χ0n) is 16.6. The molecule has 0 N–H and O–H groups in total. The van der Waals surface area contributed by atoms with Crippen molar-refractivity contribution in [3.63, 3.8) is 0 Å². The van der Waals surface area contributed by atoms with Crippen molar-refractivity contribution in [2.75, 3.05) is 0 Å². The second-order valence-corrected chi connectivity index (χ2v) is 10.6. The first-order valence-corrected chi connectivity index (χ1v) is 8.44. The van der Waals surface area contributed by atoms with Crippen molar-refractivity contribution in [1.29, 1.82) is 0 Å². The summed E-state index contributed by atoms with van der Waals surface area (Å²) in [5, 5.41) is 0. The molecule has 1 rings (SSSR count). The highest BCUT2D eigenvalue weighted by molar-refractivity contribution is 5.28. The lowest BCUT2D eigenvalue weighted by Crippen LogP contribution is -2.80. The quantitative estimate of drug-likeness (QED) is 0.522. The van der Waals surface area contributed by atoms with E-state index in [9.17, 15) is 0 Å². The van der Waals surface area contributed by atoms with Gasteiger partial charge in [-0.3, -0.25) is 0 Å². The molecule has 0 aromatic carbocycles. The van der Waals surface area contributed by atoms with E-state index in [4.69, 9.17) is 0 Å². The molecule has 1 fully saturated rings. The fraction of sp³-hybridized carbons (Fsp3) is 1.00. The van der Waals surface area contributed by atoms with Gasteiger partial charge in [0, 0.05) is 0 Å². The van der Waals surface area contributed by atoms with Crippen molar-refractivity contribution >= 4 is 0 Å². The molecule has 1 saturated carbocycles. The van der Waals surface area contributed by atoms with Gasteiger partial charge in [-0.2, -0.15) is 0 Å². The fourth-order valence-corrected chi connectivity index (χ4v) is 6.15.